The van der Waals surface area contributed by atoms with E-state index in [1.54, 1.807) is 19.0 Å². The van der Waals surface area contributed by atoms with E-state index in [-0.39, 0.29) is 11.9 Å². The minimum atomic E-state index is -0.393. The van der Waals surface area contributed by atoms with E-state index < -0.39 is 6.04 Å². The average molecular weight is 358 g/mol. The van der Waals surface area contributed by atoms with Gasteiger partial charge in [0.1, 0.15) is 6.04 Å². The van der Waals surface area contributed by atoms with Crippen LogP contribution in [-0.4, -0.2) is 24.9 Å². The number of benzene rings is 3. The molecule has 27 heavy (non-hydrogen) atoms. The summed E-state index contributed by atoms with van der Waals surface area (Å²) >= 11 is 0. The van der Waals surface area contributed by atoms with Crippen LogP contribution >= 0.6 is 0 Å². The van der Waals surface area contributed by atoms with Gasteiger partial charge in [-0.25, -0.2) is 0 Å². The van der Waals surface area contributed by atoms with Crippen molar-refractivity contribution in [3.8, 4) is 0 Å². The molecule has 0 heterocycles. The van der Waals surface area contributed by atoms with Crippen LogP contribution in [0.3, 0.4) is 0 Å². The van der Waals surface area contributed by atoms with Gasteiger partial charge in [0, 0.05) is 20.1 Å². The van der Waals surface area contributed by atoms with Crippen LogP contribution in [0.1, 0.15) is 28.8 Å². The Morgan fingerprint density at radius 2 is 1.26 bits per heavy atom. The van der Waals surface area contributed by atoms with Crippen LogP contribution in [0.2, 0.25) is 0 Å². The maximum absolute atomic E-state index is 12.9. The lowest BCUT2D eigenvalue weighted by atomic mass is 9.96. The summed E-state index contributed by atoms with van der Waals surface area (Å²) in [6.45, 7) is 0. The minimum absolute atomic E-state index is 0.0303. The molecule has 0 saturated heterocycles. The third-order valence-electron chi connectivity index (χ3n) is 4.67. The molecule has 138 valence electrons. The predicted molar refractivity (Wildman–Crippen MR) is 110 cm³/mol. The van der Waals surface area contributed by atoms with E-state index >= 15 is 0 Å². The minimum Gasteiger partial charge on any atom is -0.347 e. The van der Waals surface area contributed by atoms with Crippen molar-refractivity contribution in [2.45, 2.75) is 18.5 Å². The molecule has 0 aliphatic heterocycles. The molecule has 0 spiro atoms. The first-order valence-electron chi connectivity index (χ1n) is 9.26. The number of amides is 1. The number of carbonyl (C=O) groups is 1. The van der Waals surface area contributed by atoms with Crippen LogP contribution in [0.25, 0.3) is 0 Å². The summed E-state index contributed by atoms with van der Waals surface area (Å²) < 4.78 is 0. The van der Waals surface area contributed by atoms with E-state index in [2.05, 4.69) is 41.7 Å². The zero-order chi connectivity index (χ0) is 19.1. The molecule has 0 bridgehead atoms. The van der Waals surface area contributed by atoms with Gasteiger partial charge in [0.25, 0.3) is 0 Å². The second-order valence-corrected chi connectivity index (χ2v) is 6.90. The van der Waals surface area contributed by atoms with E-state index in [1.165, 1.54) is 11.1 Å². The molecule has 0 radical (unpaired) electrons. The number of rotatable bonds is 7. The molecule has 3 rings (SSSR count). The molecule has 3 aromatic carbocycles. The Hall–Kier alpha value is -2.91. The van der Waals surface area contributed by atoms with Crippen molar-refractivity contribution >= 4 is 5.91 Å². The second kappa shape index (κ2) is 9.15. The molecule has 3 nitrogen and oxygen atoms in total. The Bertz CT molecular complexity index is 832. The zero-order valence-corrected chi connectivity index (χ0v) is 15.9. The smallest absolute Gasteiger partial charge is 0.243 e. The zero-order valence-electron chi connectivity index (χ0n) is 15.9. The van der Waals surface area contributed by atoms with E-state index in [4.69, 9.17) is 0 Å². The first kappa shape index (κ1) is 18.9. The number of carbonyl (C=O) groups excluding carboxylic acids is 1. The van der Waals surface area contributed by atoms with Crippen LogP contribution < -0.4 is 5.32 Å². The molecular formula is C24H26N2O. The number of hydrogen-bond acceptors (Lipinski definition) is 2. The Morgan fingerprint density at radius 1 is 0.778 bits per heavy atom. The van der Waals surface area contributed by atoms with Gasteiger partial charge in [0.2, 0.25) is 5.91 Å². The van der Waals surface area contributed by atoms with Gasteiger partial charge in [0.15, 0.2) is 0 Å². The highest BCUT2D eigenvalue weighted by molar-refractivity contribution is 5.83. The molecule has 0 unspecified atom stereocenters. The third kappa shape index (κ3) is 5.05. The van der Waals surface area contributed by atoms with Gasteiger partial charge >= 0.3 is 0 Å². The Balaban J connectivity index is 1.93. The molecule has 0 aliphatic rings. The summed E-state index contributed by atoms with van der Waals surface area (Å²) in [6, 6.07) is 30.3. The quantitative estimate of drug-likeness (QED) is 0.679. The highest BCUT2D eigenvalue weighted by atomic mass is 16.2. The fourth-order valence-corrected chi connectivity index (χ4v) is 3.22. The summed E-state index contributed by atoms with van der Waals surface area (Å²) in [4.78, 5) is 14.6. The second-order valence-electron chi connectivity index (χ2n) is 6.90. The van der Waals surface area contributed by atoms with Crippen molar-refractivity contribution in [3.05, 3.63) is 108 Å². The van der Waals surface area contributed by atoms with Crippen LogP contribution in [0, 0.1) is 0 Å². The molecule has 0 aromatic heterocycles. The topological polar surface area (TPSA) is 32.3 Å². The molecule has 3 heteroatoms. The largest absolute Gasteiger partial charge is 0.347 e. The fraction of sp³-hybridized carbons (Fsp3) is 0.208. The maximum atomic E-state index is 12.9. The highest BCUT2D eigenvalue weighted by Crippen LogP contribution is 2.24. The SMILES string of the molecule is CN(C)C(=O)[C@@H](N[C@@H](Cc1ccccc1)c1ccccc1)c1ccccc1. The molecular weight excluding hydrogens is 332 g/mol. The van der Waals surface area contributed by atoms with Crippen molar-refractivity contribution in [3.63, 3.8) is 0 Å². The summed E-state index contributed by atoms with van der Waals surface area (Å²) in [5, 5.41) is 3.63. The van der Waals surface area contributed by atoms with Crippen molar-refractivity contribution < 1.29 is 4.79 Å². The Kier molecular flexibility index (Phi) is 6.39. The third-order valence-corrected chi connectivity index (χ3v) is 4.67. The maximum Gasteiger partial charge on any atom is 0.243 e. The van der Waals surface area contributed by atoms with Crippen LogP contribution in [0.15, 0.2) is 91.0 Å². The molecule has 2 atom stereocenters. The number of nitrogens with one attached hydrogen (secondary N) is 1. The van der Waals surface area contributed by atoms with Crippen molar-refractivity contribution in [1.29, 1.82) is 0 Å². The lowest BCUT2D eigenvalue weighted by molar-refractivity contribution is -0.131. The van der Waals surface area contributed by atoms with E-state index in [0.717, 1.165) is 12.0 Å². The normalized spacial score (nSPS) is 13.0. The van der Waals surface area contributed by atoms with Crippen molar-refractivity contribution in [2.24, 2.45) is 0 Å². The molecule has 1 amide bonds. The first-order valence-corrected chi connectivity index (χ1v) is 9.26. The molecule has 1 N–H and O–H groups in total. The highest BCUT2D eigenvalue weighted by Gasteiger charge is 2.26. The molecule has 0 saturated carbocycles. The summed E-state index contributed by atoms with van der Waals surface area (Å²) in [6.07, 6.45) is 0.814. The molecule has 0 aliphatic carbocycles. The van der Waals surface area contributed by atoms with Crippen LogP contribution in [0.5, 0.6) is 0 Å². The van der Waals surface area contributed by atoms with Gasteiger partial charge in [-0.1, -0.05) is 91.0 Å². The van der Waals surface area contributed by atoms with Gasteiger partial charge in [-0.3, -0.25) is 10.1 Å². The molecule has 0 fully saturated rings. The first-order chi connectivity index (χ1) is 13.1. The van der Waals surface area contributed by atoms with E-state index in [9.17, 15) is 4.79 Å². The number of hydrogen-bond donors (Lipinski definition) is 1. The molecule has 3 aromatic rings. The van der Waals surface area contributed by atoms with Gasteiger partial charge in [0.05, 0.1) is 0 Å². The lowest BCUT2D eigenvalue weighted by Gasteiger charge is -2.28. The number of nitrogens with zero attached hydrogens (tertiary/aromatic N) is 1. The van der Waals surface area contributed by atoms with E-state index in [0.29, 0.717) is 0 Å². The summed E-state index contributed by atoms with van der Waals surface area (Å²) in [5.41, 5.74) is 3.39. The summed E-state index contributed by atoms with van der Waals surface area (Å²) in [7, 11) is 3.60. The van der Waals surface area contributed by atoms with Crippen LogP contribution in [0.4, 0.5) is 0 Å². The average Bonchev–Trinajstić information content (AvgIpc) is 2.72. The van der Waals surface area contributed by atoms with Gasteiger partial charge in [-0.05, 0) is 23.1 Å². The predicted octanol–water partition coefficient (Wildman–Crippen LogP) is 4.39. The standard InChI is InChI=1S/C24H26N2O/c1-26(2)24(27)23(21-16-10-5-11-17-21)25-22(20-14-8-4-9-15-20)18-19-12-6-3-7-13-19/h3-17,22-23,25H,18H2,1-2H3/t22-,23-/m0/s1. The van der Waals surface area contributed by atoms with Crippen molar-refractivity contribution in [2.75, 3.05) is 14.1 Å². The Labute approximate surface area is 161 Å². The number of likely N-dealkylation sites (N-methyl/N-ethyl adjacent to an activating group) is 1. The Morgan fingerprint density at radius 3 is 1.78 bits per heavy atom. The van der Waals surface area contributed by atoms with Crippen molar-refractivity contribution in [1.82, 2.24) is 10.2 Å². The monoisotopic (exact) mass is 358 g/mol. The van der Waals surface area contributed by atoms with Gasteiger partial charge < -0.3 is 4.90 Å². The van der Waals surface area contributed by atoms with Gasteiger partial charge in [-0.2, -0.15) is 0 Å². The summed E-state index contributed by atoms with van der Waals surface area (Å²) in [5.74, 6) is 0.0511. The van der Waals surface area contributed by atoms with Gasteiger partial charge in [-0.15, -0.1) is 0 Å². The lowest BCUT2D eigenvalue weighted by Crippen LogP contribution is -2.39. The van der Waals surface area contributed by atoms with Crippen LogP contribution in [-0.2, 0) is 11.2 Å². The van der Waals surface area contributed by atoms with E-state index in [1.807, 2.05) is 54.6 Å². The fourth-order valence-electron chi connectivity index (χ4n) is 3.22.